The summed E-state index contributed by atoms with van der Waals surface area (Å²) in [6.07, 6.45) is 3.39. The number of nitrogens with zero attached hydrogens (tertiary/aromatic N) is 1. The Morgan fingerprint density at radius 1 is 1.43 bits per heavy atom. The molecule has 0 atom stereocenters. The van der Waals surface area contributed by atoms with Gasteiger partial charge in [0, 0.05) is 5.56 Å². The number of nitrogens with one attached hydrogen (secondary N) is 1. The second-order valence-corrected chi connectivity index (χ2v) is 2.92. The van der Waals surface area contributed by atoms with Crippen LogP contribution in [-0.2, 0) is 0 Å². The van der Waals surface area contributed by atoms with E-state index >= 15 is 0 Å². The number of H-pyrrole nitrogens is 1. The van der Waals surface area contributed by atoms with E-state index in [2.05, 4.69) is 9.97 Å². The molecule has 0 spiro atoms. The van der Waals surface area contributed by atoms with Gasteiger partial charge < -0.3 is 15.5 Å². The molecule has 0 aliphatic heterocycles. The quantitative estimate of drug-likeness (QED) is 0.706. The highest BCUT2D eigenvalue weighted by atomic mass is 16.5. The summed E-state index contributed by atoms with van der Waals surface area (Å²) in [4.78, 5) is 6.95. The van der Waals surface area contributed by atoms with Crippen LogP contribution in [0.2, 0.25) is 0 Å². The van der Waals surface area contributed by atoms with E-state index in [1.807, 2.05) is 18.2 Å². The fourth-order valence-corrected chi connectivity index (χ4v) is 1.32. The monoisotopic (exact) mass is 189 g/mol. The Labute approximate surface area is 81.7 Å². The normalized spacial score (nSPS) is 10.1. The second kappa shape index (κ2) is 3.41. The number of ether oxygens (including phenoxy) is 1. The molecule has 3 N–H and O–H groups in total. The molecule has 1 heterocycles. The average Bonchev–Trinajstić information content (AvgIpc) is 2.70. The van der Waals surface area contributed by atoms with Gasteiger partial charge in [0.2, 0.25) is 0 Å². The Morgan fingerprint density at radius 3 is 2.86 bits per heavy atom. The molecule has 0 fully saturated rings. The number of hydrogen-bond donors (Lipinski definition) is 2. The minimum atomic E-state index is 0.625. The summed E-state index contributed by atoms with van der Waals surface area (Å²) in [5, 5.41) is 0. The smallest absolute Gasteiger partial charge is 0.141 e. The van der Waals surface area contributed by atoms with Gasteiger partial charge in [0.25, 0.3) is 0 Å². The molecular formula is C10H11N3O. The molecular weight excluding hydrogens is 178 g/mol. The molecule has 2 rings (SSSR count). The standard InChI is InChI=1S/C10H11N3O/c1-14-10-3-2-7(4-8(10)11)9-5-12-6-13-9/h2-6H,11H2,1H3,(H,12,13). The molecule has 1 aromatic carbocycles. The first-order valence-corrected chi connectivity index (χ1v) is 4.23. The predicted octanol–water partition coefficient (Wildman–Crippen LogP) is 1.67. The third kappa shape index (κ3) is 1.42. The summed E-state index contributed by atoms with van der Waals surface area (Å²) in [6, 6.07) is 5.63. The van der Waals surface area contributed by atoms with E-state index in [1.165, 1.54) is 0 Å². The van der Waals surface area contributed by atoms with Crippen molar-refractivity contribution in [2.24, 2.45) is 0 Å². The van der Waals surface area contributed by atoms with Crippen molar-refractivity contribution in [2.75, 3.05) is 12.8 Å². The van der Waals surface area contributed by atoms with Crippen molar-refractivity contribution in [3.8, 4) is 17.0 Å². The van der Waals surface area contributed by atoms with Crippen molar-refractivity contribution in [2.45, 2.75) is 0 Å². The second-order valence-electron chi connectivity index (χ2n) is 2.92. The highest BCUT2D eigenvalue weighted by Gasteiger charge is 2.02. The van der Waals surface area contributed by atoms with Crippen LogP contribution in [0.3, 0.4) is 0 Å². The van der Waals surface area contributed by atoms with Crippen LogP contribution in [0.15, 0.2) is 30.7 Å². The van der Waals surface area contributed by atoms with Gasteiger partial charge in [-0.05, 0) is 18.2 Å². The largest absolute Gasteiger partial charge is 0.495 e. The van der Waals surface area contributed by atoms with E-state index in [9.17, 15) is 0 Å². The minimum absolute atomic E-state index is 0.625. The van der Waals surface area contributed by atoms with Crippen LogP contribution in [0.1, 0.15) is 0 Å². The summed E-state index contributed by atoms with van der Waals surface area (Å²) in [5.74, 6) is 0.688. The number of imidazole rings is 1. The molecule has 14 heavy (non-hydrogen) atoms. The zero-order valence-corrected chi connectivity index (χ0v) is 7.82. The van der Waals surface area contributed by atoms with E-state index in [1.54, 1.807) is 19.6 Å². The highest BCUT2D eigenvalue weighted by molar-refractivity contribution is 5.67. The topological polar surface area (TPSA) is 63.9 Å². The lowest BCUT2D eigenvalue weighted by Crippen LogP contribution is -1.92. The highest BCUT2D eigenvalue weighted by Crippen LogP contribution is 2.26. The van der Waals surface area contributed by atoms with Crippen LogP contribution in [0, 0.1) is 0 Å². The zero-order valence-electron chi connectivity index (χ0n) is 7.82. The van der Waals surface area contributed by atoms with Gasteiger partial charge >= 0.3 is 0 Å². The number of hydrogen-bond acceptors (Lipinski definition) is 3. The molecule has 72 valence electrons. The first-order valence-electron chi connectivity index (χ1n) is 4.23. The molecule has 0 saturated heterocycles. The van der Waals surface area contributed by atoms with Crippen molar-refractivity contribution in [1.82, 2.24) is 9.97 Å². The first-order chi connectivity index (χ1) is 6.81. The van der Waals surface area contributed by atoms with E-state index in [-0.39, 0.29) is 0 Å². The predicted molar refractivity (Wildman–Crippen MR) is 55.0 cm³/mol. The van der Waals surface area contributed by atoms with Gasteiger partial charge in [0.1, 0.15) is 5.75 Å². The Morgan fingerprint density at radius 2 is 2.29 bits per heavy atom. The molecule has 4 heteroatoms. The molecule has 0 unspecified atom stereocenters. The van der Waals surface area contributed by atoms with E-state index < -0.39 is 0 Å². The lowest BCUT2D eigenvalue weighted by molar-refractivity contribution is 0.417. The number of anilines is 1. The number of aromatic nitrogens is 2. The van der Waals surface area contributed by atoms with Crippen LogP contribution in [0.25, 0.3) is 11.3 Å². The number of aromatic amines is 1. The number of nitrogen functional groups attached to an aromatic ring is 1. The average molecular weight is 189 g/mol. The molecule has 0 amide bonds. The molecule has 2 aromatic rings. The van der Waals surface area contributed by atoms with Crippen LogP contribution in [0.5, 0.6) is 5.75 Å². The van der Waals surface area contributed by atoms with E-state index in [4.69, 9.17) is 10.5 Å². The summed E-state index contributed by atoms with van der Waals surface area (Å²) in [6.45, 7) is 0. The van der Waals surface area contributed by atoms with Crippen LogP contribution < -0.4 is 10.5 Å². The number of rotatable bonds is 2. The van der Waals surface area contributed by atoms with Gasteiger partial charge in [-0.3, -0.25) is 0 Å². The van der Waals surface area contributed by atoms with Crippen molar-refractivity contribution in [3.05, 3.63) is 30.7 Å². The fraction of sp³-hybridized carbons (Fsp3) is 0.100. The molecule has 0 radical (unpaired) electrons. The maximum absolute atomic E-state index is 5.78. The minimum Gasteiger partial charge on any atom is -0.495 e. The van der Waals surface area contributed by atoms with Gasteiger partial charge in [0.05, 0.1) is 31.0 Å². The number of nitrogens with two attached hydrogens (primary N) is 1. The van der Waals surface area contributed by atoms with Crippen LogP contribution >= 0.6 is 0 Å². The lowest BCUT2D eigenvalue weighted by atomic mass is 10.1. The molecule has 1 aromatic heterocycles. The third-order valence-electron chi connectivity index (χ3n) is 2.04. The van der Waals surface area contributed by atoms with Crippen molar-refractivity contribution in [3.63, 3.8) is 0 Å². The molecule has 0 bridgehead atoms. The summed E-state index contributed by atoms with van der Waals surface area (Å²) in [5.41, 5.74) is 8.35. The Bertz CT molecular complexity index is 423. The van der Waals surface area contributed by atoms with Crippen molar-refractivity contribution >= 4 is 5.69 Å². The maximum Gasteiger partial charge on any atom is 0.141 e. The van der Waals surface area contributed by atoms with Gasteiger partial charge in [-0.2, -0.15) is 0 Å². The first kappa shape index (κ1) is 8.62. The van der Waals surface area contributed by atoms with Crippen molar-refractivity contribution in [1.29, 1.82) is 0 Å². The van der Waals surface area contributed by atoms with Crippen molar-refractivity contribution < 1.29 is 4.74 Å². The molecule has 0 saturated carbocycles. The molecule has 0 aliphatic carbocycles. The summed E-state index contributed by atoms with van der Waals surface area (Å²) < 4.78 is 5.07. The SMILES string of the molecule is COc1ccc(-c2cnc[nH]2)cc1N. The Hall–Kier alpha value is -1.97. The maximum atomic E-state index is 5.78. The number of benzene rings is 1. The zero-order chi connectivity index (χ0) is 9.97. The van der Waals surface area contributed by atoms with Crippen LogP contribution in [-0.4, -0.2) is 17.1 Å². The Balaban J connectivity index is 2.43. The lowest BCUT2D eigenvalue weighted by Gasteiger charge is -2.05. The van der Waals surface area contributed by atoms with Gasteiger partial charge in [-0.25, -0.2) is 4.98 Å². The number of methoxy groups -OCH3 is 1. The van der Waals surface area contributed by atoms with Gasteiger partial charge in [0.15, 0.2) is 0 Å². The summed E-state index contributed by atoms with van der Waals surface area (Å²) in [7, 11) is 1.60. The van der Waals surface area contributed by atoms with E-state index in [0.717, 1.165) is 11.3 Å². The van der Waals surface area contributed by atoms with Gasteiger partial charge in [-0.15, -0.1) is 0 Å². The molecule has 0 aliphatic rings. The Kier molecular flexibility index (Phi) is 2.10. The van der Waals surface area contributed by atoms with E-state index in [0.29, 0.717) is 11.4 Å². The molecule has 4 nitrogen and oxygen atoms in total. The third-order valence-corrected chi connectivity index (χ3v) is 2.04. The fourth-order valence-electron chi connectivity index (χ4n) is 1.32. The van der Waals surface area contributed by atoms with Gasteiger partial charge in [-0.1, -0.05) is 0 Å². The van der Waals surface area contributed by atoms with Crippen LogP contribution in [0.4, 0.5) is 5.69 Å². The summed E-state index contributed by atoms with van der Waals surface area (Å²) >= 11 is 0.